The lowest BCUT2D eigenvalue weighted by Crippen LogP contribution is -2.06. The molecule has 72 valence electrons. The van der Waals surface area contributed by atoms with E-state index >= 15 is 0 Å². The van der Waals surface area contributed by atoms with Gasteiger partial charge in [0.2, 0.25) is 0 Å². The fourth-order valence-electron chi connectivity index (χ4n) is 0.920. The zero-order chi connectivity index (χ0) is 10.0. The molecule has 1 aromatic carbocycles. The van der Waals surface area contributed by atoms with Crippen LogP contribution in [-0.4, -0.2) is 6.43 Å². The van der Waals surface area contributed by atoms with Gasteiger partial charge in [0.05, 0.1) is 0 Å². The molecule has 0 aliphatic heterocycles. The summed E-state index contributed by atoms with van der Waals surface area (Å²) in [4.78, 5) is 0. The smallest absolute Gasteiger partial charge is 0.273 e. The first kappa shape index (κ1) is 9.83. The van der Waals surface area contributed by atoms with Crippen LogP contribution in [0.15, 0.2) is 18.2 Å². The summed E-state index contributed by atoms with van der Waals surface area (Å²) in [5.41, 5.74) is 4.51. The van der Waals surface area contributed by atoms with E-state index in [1.807, 2.05) is 0 Å². The van der Waals surface area contributed by atoms with Gasteiger partial charge < -0.3 is 5.73 Å². The Bertz CT molecular complexity index is 300. The highest BCUT2D eigenvalue weighted by Crippen LogP contribution is 2.29. The predicted molar refractivity (Wildman–Crippen MR) is 40.7 cm³/mol. The molecular weight excluding hydrogens is 186 g/mol. The van der Waals surface area contributed by atoms with Gasteiger partial charge in [0.25, 0.3) is 6.43 Å². The maximum atomic E-state index is 12.7. The Morgan fingerprint density at radius 1 is 1.15 bits per heavy atom. The number of anilines is 1. The number of hydrogen-bond donors (Lipinski definition) is 1. The van der Waals surface area contributed by atoms with Crippen molar-refractivity contribution in [3.8, 4) is 0 Å². The number of rotatable bonds is 2. The van der Waals surface area contributed by atoms with Crippen LogP contribution in [0.25, 0.3) is 0 Å². The summed E-state index contributed by atoms with van der Waals surface area (Å²) in [5.74, 6) is -0.785. The Labute approximate surface area is 72.2 Å². The fourth-order valence-corrected chi connectivity index (χ4v) is 0.920. The lowest BCUT2D eigenvalue weighted by molar-refractivity contribution is 0.0498. The molecule has 5 heteroatoms. The van der Waals surface area contributed by atoms with Gasteiger partial charge in [-0.05, 0) is 18.2 Å². The van der Waals surface area contributed by atoms with Crippen molar-refractivity contribution in [2.45, 2.75) is 12.6 Å². The Kier molecular flexibility index (Phi) is 2.75. The van der Waals surface area contributed by atoms with E-state index in [1.165, 1.54) is 0 Å². The van der Waals surface area contributed by atoms with Crippen molar-refractivity contribution in [2.75, 3.05) is 5.73 Å². The van der Waals surface area contributed by atoms with Gasteiger partial charge in [0.15, 0.2) is 6.17 Å². The van der Waals surface area contributed by atoms with Gasteiger partial charge >= 0.3 is 0 Å². The minimum absolute atomic E-state index is 0.172. The molecule has 0 aliphatic rings. The summed E-state index contributed by atoms with van der Waals surface area (Å²) in [6, 6.07) is 2.71. The van der Waals surface area contributed by atoms with Crippen molar-refractivity contribution in [1.29, 1.82) is 0 Å². The zero-order valence-electron chi connectivity index (χ0n) is 6.48. The molecule has 0 amide bonds. The van der Waals surface area contributed by atoms with E-state index in [9.17, 15) is 17.6 Å². The predicted octanol–water partition coefficient (Wildman–Crippen LogP) is 2.68. The maximum absolute atomic E-state index is 12.7. The van der Waals surface area contributed by atoms with Crippen molar-refractivity contribution >= 4 is 5.69 Å². The third-order valence-electron chi connectivity index (χ3n) is 1.57. The van der Waals surface area contributed by atoms with E-state index in [0.717, 1.165) is 12.1 Å². The Morgan fingerprint density at radius 2 is 1.77 bits per heavy atom. The topological polar surface area (TPSA) is 26.0 Å². The van der Waals surface area contributed by atoms with Gasteiger partial charge in [0.1, 0.15) is 5.82 Å². The minimum Gasteiger partial charge on any atom is -0.398 e. The highest BCUT2D eigenvalue weighted by atomic mass is 19.3. The number of benzene rings is 1. The monoisotopic (exact) mass is 193 g/mol. The van der Waals surface area contributed by atoms with Crippen LogP contribution in [0.2, 0.25) is 0 Å². The van der Waals surface area contributed by atoms with Gasteiger partial charge in [-0.25, -0.2) is 17.6 Å². The fraction of sp³-hybridized carbons (Fsp3) is 0.250. The maximum Gasteiger partial charge on any atom is 0.273 e. The van der Waals surface area contributed by atoms with Crippen LogP contribution in [0, 0.1) is 5.82 Å². The molecule has 0 bridgehead atoms. The van der Waals surface area contributed by atoms with Crippen molar-refractivity contribution in [2.24, 2.45) is 0 Å². The average molecular weight is 193 g/mol. The molecule has 2 N–H and O–H groups in total. The minimum atomic E-state index is -3.19. The summed E-state index contributed by atoms with van der Waals surface area (Å²) < 4.78 is 49.0. The van der Waals surface area contributed by atoms with Crippen LogP contribution in [0.5, 0.6) is 0 Å². The summed E-state index contributed by atoms with van der Waals surface area (Å²) in [6.07, 6.45) is -5.72. The number of alkyl halides is 3. The van der Waals surface area contributed by atoms with Gasteiger partial charge in [0, 0.05) is 11.3 Å². The molecule has 0 aromatic heterocycles. The normalized spacial score (nSPS) is 13.3. The second kappa shape index (κ2) is 3.64. The summed E-state index contributed by atoms with van der Waals surface area (Å²) >= 11 is 0. The van der Waals surface area contributed by atoms with E-state index in [0.29, 0.717) is 6.07 Å². The third kappa shape index (κ3) is 2.11. The molecule has 0 radical (unpaired) electrons. The van der Waals surface area contributed by atoms with Gasteiger partial charge in [-0.3, -0.25) is 0 Å². The number of nitrogens with two attached hydrogens (primary N) is 1. The highest BCUT2D eigenvalue weighted by molar-refractivity contribution is 5.48. The molecule has 1 aromatic rings. The van der Waals surface area contributed by atoms with Crippen molar-refractivity contribution < 1.29 is 17.6 Å². The first-order chi connectivity index (χ1) is 6.02. The SMILES string of the molecule is Nc1ccc(F)cc1C(F)C(F)F. The molecule has 0 heterocycles. The van der Waals surface area contributed by atoms with Gasteiger partial charge in [-0.2, -0.15) is 0 Å². The Morgan fingerprint density at radius 3 is 2.31 bits per heavy atom. The van der Waals surface area contributed by atoms with Gasteiger partial charge in [-0.1, -0.05) is 0 Å². The largest absolute Gasteiger partial charge is 0.398 e. The van der Waals surface area contributed by atoms with Crippen LogP contribution in [0.4, 0.5) is 23.2 Å². The Hall–Kier alpha value is -1.26. The molecule has 1 atom stereocenters. The molecule has 1 unspecified atom stereocenters. The molecular formula is C8H7F4N. The van der Waals surface area contributed by atoms with Crippen molar-refractivity contribution in [3.05, 3.63) is 29.6 Å². The molecule has 1 rings (SSSR count). The Balaban J connectivity index is 3.05. The summed E-state index contributed by atoms with van der Waals surface area (Å²) in [6.45, 7) is 0. The van der Waals surface area contributed by atoms with Gasteiger partial charge in [-0.15, -0.1) is 0 Å². The van der Waals surface area contributed by atoms with Crippen LogP contribution in [0.1, 0.15) is 11.7 Å². The first-order valence-electron chi connectivity index (χ1n) is 3.49. The second-order valence-electron chi connectivity index (χ2n) is 2.51. The van der Waals surface area contributed by atoms with Crippen LogP contribution in [-0.2, 0) is 0 Å². The molecule has 1 nitrogen and oxygen atoms in total. The lowest BCUT2D eigenvalue weighted by atomic mass is 10.1. The second-order valence-corrected chi connectivity index (χ2v) is 2.51. The van der Waals surface area contributed by atoms with E-state index in [4.69, 9.17) is 5.73 Å². The zero-order valence-corrected chi connectivity index (χ0v) is 6.48. The number of nitrogen functional groups attached to an aromatic ring is 1. The molecule has 0 fully saturated rings. The average Bonchev–Trinajstić information content (AvgIpc) is 2.08. The molecule has 0 aliphatic carbocycles. The van der Waals surface area contributed by atoms with E-state index in [-0.39, 0.29) is 5.69 Å². The highest BCUT2D eigenvalue weighted by Gasteiger charge is 2.23. The van der Waals surface area contributed by atoms with Crippen molar-refractivity contribution in [1.82, 2.24) is 0 Å². The number of hydrogen-bond acceptors (Lipinski definition) is 1. The summed E-state index contributed by atoms with van der Waals surface area (Å²) in [5, 5.41) is 0. The third-order valence-corrected chi connectivity index (χ3v) is 1.57. The number of halogens is 4. The van der Waals surface area contributed by atoms with E-state index < -0.39 is 24.0 Å². The van der Waals surface area contributed by atoms with Crippen LogP contribution < -0.4 is 5.73 Å². The molecule has 0 spiro atoms. The van der Waals surface area contributed by atoms with E-state index in [2.05, 4.69) is 0 Å². The summed E-state index contributed by atoms with van der Waals surface area (Å²) in [7, 11) is 0. The molecule has 13 heavy (non-hydrogen) atoms. The quantitative estimate of drug-likeness (QED) is 0.567. The standard InChI is InChI=1S/C8H7F4N/c9-4-1-2-6(13)5(3-4)7(10)8(11)12/h1-3,7-8H,13H2. The first-order valence-corrected chi connectivity index (χ1v) is 3.49. The van der Waals surface area contributed by atoms with Crippen molar-refractivity contribution in [3.63, 3.8) is 0 Å². The van der Waals surface area contributed by atoms with Crippen LogP contribution in [0.3, 0.4) is 0 Å². The lowest BCUT2D eigenvalue weighted by Gasteiger charge is -2.09. The van der Waals surface area contributed by atoms with Crippen LogP contribution >= 0.6 is 0 Å². The van der Waals surface area contributed by atoms with E-state index in [1.54, 1.807) is 0 Å². The molecule has 0 saturated heterocycles. The molecule has 0 saturated carbocycles.